The van der Waals surface area contributed by atoms with Gasteiger partial charge in [0.2, 0.25) is 0 Å². The van der Waals surface area contributed by atoms with E-state index < -0.39 is 0 Å². The van der Waals surface area contributed by atoms with Crippen molar-refractivity contribution in [3.05, 3.63) is 18.2 Å². The molecule has 3 nitrogen and oxygen atoms in total. The molecule has 1 aromatic rings. The molecule has 0 spiro atoms. The molecule has 2 rings (SSSR count). The molecule has 1 heterocycles. The van der Waals surface area contributed by atoms with Gasteiger partial charge in [-0.25, -0.2) is 4.98 Å². The highest BCUT2D eigenvalue weighted by molar-refractivity contribution is 5.08. The Morgan fingerprint density at radius 3 is 2.91 bits per heavy atom. The molecular weight excluding hydrogens is 138 g/mol. The lowest BCUT2D eigenvalue weighted by atomic mass is 10.1. The van der Waals surface area contributed by atoms with Crippen molar-refractivity contribution < 1.29 is 0 Å². The SMILES string of the molecule is Cn1cncc1C(N)C1CC1. The minimum Gasteiger partial charge on any atom is -0.336 e. The van der Waals surface area contributed by atoms with E-state index in [9.17, 15) is 0 Å². The van der Waals surface area contributed by atoms with Crippen LogP contribution in [0.1, 0.15) is 24.6 Å². The van der Waals surface area contributed by atoms with Crippen molar-refractivity contribution >= 4 is 0 Å². The Kier molecular flexibility index (Phi) is 1.46. The van der Waals surface area contributed by atoms with Crippen LogP contribution in [0.2, 0.25) is 0 Å². The predicted molar refractivity (Wildman–Crippen MR) is 42.9 cm³/mol. The Morgan fingerprint density at radius 2 is 2.45 bits per heavy atom. The summed E-state index contributed by atoms with van der Waals surface area (Å²) in [5.41, 5.74) is 7.14. The maximum atomic E-state index is 5.98. The first-order valence-electron chi connectivity index (χ1n) is 4.01. The van der Waals surface area contributed by atoms with Gasteiger partial charge < -0.3 is 10.3 Å². The molecule has 0 aromatic carbocycles. The molecule has 1 atom stereocenters. The van der Waals surface area contributed by atoms with Gasteiger partial charge in [0.25, 0.3) is 0 Å². The van der Waals surface area contributed by atoms with Gasteiger partial charge in [0, 0.05) is 19.3 Å². The summed E-state index contributed by atoms with van der Waals surface area (Å²) in [5.74, 6) is 0.713. The van der Waals surface area contributed by atoms with E-state index in [2.05, 4.69) is 4.98 Å². The fourth-order valence-electron chi connectivity index (χ4n) is 1.39. The average Bonchev–Trinajstić information content (AvgIpc) is 2.74. The highest BCUT2D eigenvalue weighted by atomic mass is 15.0. The summed E-state index contributed by atoms with van der Waals surface area (Å²) in [4.78, 5) is 4.04. The molecule has 11 heavy (non-hydrogen) atoms. The molecule has 1 aromatic heterocycles. The zero-order valence-corrected chi connectivity index (χ0v) is 6.70. The van der Waals surface area contributed by atoms with Crippen LogP contribution in [-0.4, -0.2) is 9.55 Å². The topological polar surface area (TPSA) is 43.8 Å². The van der Waals surface area contributed by atoms with E-state index in [1.165, 1.54) is 12.8 Å². The van der Waals surface area contributed by atoms with Crippen molar-refractivity contribution in [2.45, 2.75) is 18.9 Å². The summed E-state index contributed by atoms with van der Waals surface area (Å²) < 4.78 is 2.00. The third-order valence-corrected chi connectivity index (χ3v) is 2.33. The minimum absolute atomic E-state index is 0.211. The molecule has 0 bridgehead atoms. The first-order chi connectivity index (χ1) is 5.29. The standard InChI is InChI=1S/C8H13N3/c1-11-5-10-4-7(11)8(9)6-2-3-6/h4-6,8H,2-3,9H2,1H3. The fourth-order valence-corrected chi connectivity index (χ4v) is 1.39. The second-order valence-corrected chi connectivity index (χ2v) is 3.29. The molecule has 1 aliphatic rings. The van der Waals surface area contributed by atoms with E-state index in [-0.39, 0.29) is 6.04 Å². The third-order valence-electron chi connectivity index (χ3n) is 2.33. The van der Waals surface area contributed by atoms with Gasteiger partial charge in [-0.1, -0.05) is 0 Å². The minimum atomic E-state index is 0.211. The van der Waals surface area contributed by atoms with Crippen molar-refractivity contribution in [2.75, 3.05) is 0 Å². The van der Waals surface area contributed by atoms with Gasteiger partial charge in [0.05, 0.1) is 12.0 Å². The van der Waals surface area contributed by atoms with Crippen LogP contribution in [0.5, 0.6) is 0 Å². The number of aromatic nitrogens is 2. The average molecular weight is 151 g/mol. The van der Waals surface area contributed by atoms with Crippen LogP contribution in [-0.2, 0) is 7.05 Å². The van der Waals surface area contributed by atoms with Crippen LogP contribution < -0.4 is 5.73 Å². The van der Waals surface area contributed by atoms with Crippen LogP contribution in [0.15, 0.2) is 12.5 Å². The highest BCUT2D eigenvalue weighted by Crippen LogP contribution is 2.38. The normalized spacial score (nSPS) is 20.2. The van der Waals surface area contributed by atoms with Crippen molar-refractivity contribution in [3.8, 4) is 0 Å². The zero-order chi connectivity index (χ0) is 7.84. The third kappa shape index (κ3) is 1.16. The quantitative estimate of drug-likeness (QED) is 0.680. The Balaban J connectivity index is 2.20. The molecule has 2 N–H and O–H groups in total. The fraction of sp³-hybridized carbons (Fsp3) is 0.625. The van der Waals surface area contributed by atoms with Crippen molar-refractivity contribution in [2.24, 2.45) is 18.7 Å². The number of imidazole rings is 1. The number of nitrogens with two attached hydrogens (primary N) is 1. The van der Waals surface area contributed by atoms with Gasteiger partial charge >= 0.3 is 0 Å². The van der Waals surface area contributed by atoms with E-state index in [1.54, 1.807) is 6.33 Å². The smallest absolute Gasteiger partial charge is 0.0946 e. The van der Waals surface area contributed by atoms with E-state index in [0.29, 0.717) is 5.92 Å². The number of hydrogen-bond acceptors (Lipinski definition) is 2. The Hall–Kier alpha value is -0.830. The zero-order valence-electron chi connectivity index (χ0n) is 6.70. The van der Waals surface area contributed by atoms with E-state index >= 15 is 0 Å². The Morgan fingerprint density at radius 1 is 1.73 bits per heavy atom. The van der Waals surface area contributed by atoms with Crippen LogP contribution >= 0.6 is 0 Å². The molecule has 60 valence electrons. The maximum absolute atomic E-state index is 5.98. The maximum Gasteiger partial charge on any atom is 0.0946 e. The molecule has 3 heteroatoms. The Labute approximate surface area is 66.2 Å². The first-order valence-corrected chi connectivity index (χ1v) is 4.01. The van der Waals surface area contributed by atoms with Gasteiger partial charge in [-0.2, -0.15) is 0 Å². The van der Waals surface area contributed by atoms with Crippen molar-refractivity contribution in [1.29, 1.82) is 0 Å². The van der Waals surface area contributed by atoms with Crippen LogP contribution in [0.4, 0.5) is 0 Å². The molecule has 1 saturated carbocycles. The van der Waals surface area contributed by atoms with Gasteiger partial charge in [0.15, 0.2) is 0 Å². The first kappa shape index (κ1) is 6.85. The van der Waals surface area contributed by atoms with E-state index in [0.717, 1.165) is 5.69 Å². The summed E-state index contributed by atoms with van der Waals surface area (Å²) in [6, 6.07) is 0.211. The molecule has 0 amide bonds. The van der Waals surface area contributed by atoms with Gasteiger partial charge in [-0.3, -0.25) is 0 Å². The van der Waals surface area contributed by atoms with E-state index in [4.69, 9.17) is 5.73 Å². The number of rotatable bonds is 2. The summed E-state index contributed by atoms with van der Waals surface area (Å²) in [7, 11) is 1.99. The lowest BCUT2D eigenvalue weighted by Crippen LogP contribution is -2.15. The highest BCUT2D eigenvalue weighted by Gasteiger charge is 2.30. The molecule has 1 unspecified atom stereocenters. The lowest BCUT2D eigenvalue weighted by Gasteiger charge is -2.09. The van der Waals surface area contributed by atoms with E-state index in [1.807, 2.05) is 17.8 Å². The largest absolute Gasteiger partial charge is 0.336 e. The molecule has 0 aliphatic heterocycles. The summed E-state index contributed by atoms with van der Waals surface area (Å²) >= 11 is 0. The Bertz CT molecular complexity index is 250. The van der Waals surface area contributed by atoms with Crippen LogP contribution in [0.25, 0.3) is 0 Å². The monoisotopic (exact) mass is 151 g/mol. The number of nitrogens with zero attached hydrogens (tertiary/aromatic N) is 2. The van der Waals surface area contributed by atoms with Crippen molar-refractivity contribution in [3.63, 3.8) is 0 Å². The van der Waals surface area contributed by atoms with Gasteiger partial charge in [0.1, 0.15) is 0 Å². The van der Waals surface area contributed by atoms with Gasteiger partial charge in [-0.05, 0) is 18.8 Å². The number of aryl methyl sites for hydroxylation is 1. The van der Waals surface area contributed by atoms with Crippen molar-refractivity contribution in [1.82, 2.24) is 9.55 Å². The molecule has 0 saturated heterocycles. The molecule has 1 fully saturated rings. The summed E-state index contributed by atoms with van der Waals surface area (Å²) in [6.07, 6.45) is 6.24. The summed E-state index contributed by atoms with van der Waals surface area (Å²) in [5, 5.41) is 0. The van der Waals surface area contributed by atoms with Crippen LogP contribution in [0, 0.1) is 5.92 Å². The van der Waals surface area contributed by atoms with Gasteiger partial charge in [-0.15, -0.1) is 0 Å². The second kappa shape index (κ2) is 2.34. The lowest BCUT2D eigenvalue weighted by molar-refractivity contribution is 0.589. The molecule has 1 aliphatic carbocycles. The second-order valence-electron chi connectivity index (χ2n) is 3.29. The summed E-state index contributed by atoms with van der Waals surface area (Å²) in [6.45, 7) is 0. The van der Waals surface area contributed by atoms with Crippen LogP contribution in [0.3, 0.4) is 0 Å². The molecule has 0 radical (unpaired) electrons. The predicted octanol–water partition coefficient (Wildman–Crippen LogP) is 0.830. The number of hydrogen-bond donors (Lipinski definition) is 1. The molecular formula is C8H13N3.